The van der Waals surface area contributed by atoms with Crippen LogP contribution in [0, 0.1) is 0 Å². The van der Waals surface area contributed by atoms with Gasteiger partial charge in [-0.15, -0.1) is 0 Å². The number of ether oxygens (including phenoxy) is 2. The number of aliphatic hydroxyl groups is 5. The van der Waals surface area contributed by atoms with Crippen molar-refractivity contribution in [3.63, 3.8) is 0 Å². The molecular formula is C49H79O14P. The number of ketones is 1. The number of carbonyl (C=O) groups is 3. The summed E-state index contributed by atoms with van der Waals surface area (Å²) in [6, 6.07) is 0. The molecule has 0 heterocycles. The highest BCUT2D eigenvalue weighted by molar-refractivity contribution is 7.47. The molecule has 1 aliphatic carbocycles. The van der Waals surface area contributed by atoms with Crippen molar-refractivity contribution >= 4 is 25.5 Å². The second-order valence-electron chi connectivity index (χ2n) is 15.9. The van der Waals surface area contributed by atoms with Crippen molar-refractivity contribution in [1.82, 2.24) is 0 Å². The zero-order chi connectivity index (χ0) is 47.3. The van der Waals surface area contributed by atoms with E-state index >= 15 is 0 Å². The second kappa shape index (κ2) is 37.9. The van der Waals surface area contributed by atoms with Gasteiger partial charge in [0, 0.05) is 19.3 Å². The summed E-state index contributed by atoms with van der Waals surface area (Å²) in [5, 5.41) is 50.1. The molecule has 1 fully saturated rings. The van der Waals surface area contributed by atoms with Gasteiger partial charge in [0.15, 0.2) is 11.9 Å². The van der Waals surface area contributed by atoms with Gasteiger partial charge < -0.3 is 39.9 Å². The number of allylic oxidation sites excluding steroid dienone is 14. The summed E-state index contributed by atoms with van der Waals surface area (Å²) in [5.74, 6) is -1.13. The lowest BCUT2D eigenvalue weighted by atomic mass is 9.85. The maximum absolute atomic E-state index is 12.8. The topological polar surface area (TPSA) is 227 Å². The number of carbonyl (C=O) groups excluding carboxylic acids is 3. The summed E-state index contributed by atoms with van der Waals surface area (Å²) in [6.45, 7) is 3.03. The standard InChI is InChI=1S/C49H79O14P/c1-3-5-7-8-9-10-11-12-13-14-15-16-19-23-26-29-33-37-43(52)62-41(39-61-64(58,59)63-49-47(56)45(54)44(53)46(55)48(49)57)38-60-42(51)36-32-28-25-22-20-17-18-21-24-27-31-35-40(50)34-30-6-4-2/h12-13,15-18,22-27,31,35,41,44-49,53-57H,3-11,14,19-21,28-30,32-34,36-39H2,1-2H3,(H,58,59)/b13-12-,16-15-,18-17-,25-22-,26-23-,27-24-,35-31+/t41-,44?,45-,46+,47-,48-,49?/m1/s1. The Morgan fingerprint density at radius 2 is 1.00 bits per heavy atom. The Balaban J connectivity index is 2.56. The third kappa shape index (κ3) is 30.0. The van der Waals surface area contributed by atoms with Crippen LogP contribution >= 0.6 is 7.82 Å². The molecule has 1 rings (SSSR count). The minimum Gasteiger partial charge on any atom is -0.462 e. The molecule has 364 valence electrons. The average molecular weight is 923 g/mol. The van der Waals surface area contributed by atoms with Crippen molar-refractivity contribution in [2.45, 2.75) is 191 Å². The minimum absolute atomic E-state index is 0.00312. The van der Waals surface area contributed by atoms with Crippen LogP contribution in [0.3, 0.4) is 0 Å². The molecule has 0 aromatic rings. The quantitative estimate of drug-likeness (QED) is 0.00859. The van der Waals surface area contributed by atoms with Crippen LogP contribution in [0.25, 0.3) is 0 Å². The fourth-order valence-electron chi connectivity index (χ4n) is 6.37. The Morgan fingerprint density at radius 1 is 0.531 bits per heavy atom. The Morgan fingerprint density at radius 3 is 1.58 bits per heavy atom. The molecule has 0 amide bonds. The lowest BCUT2D eigenvalue weighted by Crippen LogP contribution is -2.64. The summed E-state index contributed by atoms with van der Waals surface area (Å²) in [4.78, 5) is 47.4. The van der Waals surface area contributed by atoms with Gasteiger partial charge in [-0.25, -0.2) is 4.57 Å². The molecule has 3 unspecified atom stereocenters. The highest BCUT2D eigenvalue weighted by Gasteiger charge is 2.51. The van der Waals surface area contributed by atoms with Crippen molar-refractivity contribution < 1.29 is 67.9 Å². The van der Waals surface area contributed by atoms with Crippen molar-refractivity contribution in [3.8, 4) is 0 Å². The molecule has 0 saturated heterocycles. The van der Waals surface area contributed by atoms with Gasteiger partial charge in [-0.05, 0) is 76.7 Å². The van der Waals surface area contributed by atoms with Crippen LogP contribution < -0.4 is 0 Å². The molecule has 64 heavy (non-hydrogen) atoms. The molecule has 1 aliphatic rings. The number of unbranched alkanes of at least 4 members (excludes halogenated alkanes) is 10. The van der Waals surface area contributed by atoms with Crippen molar-refractivity contribution in [3.05, 3.63) is 85.1 Å². The van der Waals surface area contributed by atoms with E-state index in [1.165, 1.54) is 38.5 Å². The molecule has 0 bridgehead atoms. The van der Waals surface area contributed by atoms with E-state index in [4.69, 9.17) is 18.5 Å². The van der Waals surface area contributed by atoms with Crippen LogP contribution in [0.15, 0.2) is 85.1 Å². The first-order valence-electron chi connectivity index (χ1n) is 23.3. The molecule has 0 aromatic carbocycles. The molecular weight excluding hydrogens is 843 g/mol. The predicted molar refractivity (Wildman–Crippen MR) is 249 cm³/mol. The molecule has 0 spiro atoms. The summed E-state index contributed by atoms with van der Waals surface area (Å²) >= 11 is 0. The fourth-order valence-corrected chi connectivity index (χ4v) is 7.34. The Bertz CT molecular complexity index is 1500. The van der Waals surface area contributed by atoms with Crippen LogP contribution in [0.5, 0.6) is 0 Å². The highest BCUT2D eigenvalue weighted by Crippen LogP contribution is 2.47. The first-order chi connectivity index (χ1) is 30.8. The smallest absolute Gasteiger partial charge is 0.462 e. The molecule has 15 heteroatoms. The van der Waals surface area contributed by atoms with Crippen LogP contribution in [-0.2, 0) is 37.5 Å². The molecule has 0 aliphatic heterocycles. The summed E-state index contributed by atoms with van der Waals surface area (Å²) in [5.41, 5.74) is 0. The van der Waals surface area contributed by atoms with E-state index in [2.05, 4.69) is 38.2 Å². The number of phosphoric acid groups is 1. The number of phosphoric ester groups is 1. The van der Waals surface area contributed by atoms with E-state index < -0.39 is 75.7 Å². The SMILES string of the molecule is CCCCCCCC/C=C\C/C=C\C/C=C\CCCC(=O)O[C@H](COC(=O)CCC/C=C\C/C=C\C/C=C\C=C\C(=O)CCCCC)COP(=O)(O)OC1[C@H](O)[C@H](O)C(O)[C@H](O)[C@H]1O. The second-order valence-corrected chi connectivity index (χ2v) is 17.3. The van der Waals surface area contributed by atoms with Gasteiger partial charge in [0.25, 0.3) is 0 Å². The van der Waals surface area contributed by atoms with E-state index in [0.29, 0.717) is 38.5 Å². The van der Waals surface area contributed by atoms with Gasteiger partial charge in [-0.1, -0.05) is 138 Å². The van der Waals surface area contributed by atoms with Crippen LogP contribution in [0.2, 0.25) is 0 Å². The number of hydrogen-bond donors (Lipinski definition) is 6. The number of aliphatic hydroxyl groups excluding tert-OH is 5. The van der Waals surface area contributed by atoms with E-state index in [1.807, 2.05) is 48.6 Å². The monoisotopic (exact) mass is 923 g/mol. The van der Waals surface area contributed by atoms with Crippen molar-refractivity contribution in [2.24, 2.45) is 0 Å². The summed E-state index contributed by atoms with van der Waals surface area (Å²) in [7, 11) is -5.16. The van der Waals surface area contributed by atoms with E-state index in [9.17, 15) is 49.4 Å². The van der Waals surface area contributed by atoms with Gasteiger partial charge in [0.2, 0.25) is 0 Å². The summed E-state index contributed by atoms with van der Waals surface area (Å²) < 4.78 is 33.4. The Kier molecular flexibility index (Phi) is 34.7. The van der Waals surface area contributed by atoms with Gasteiger partial charge in [-0.2, -0.15) is 0 Å². The highest BCUT2D eigenvalue weighted by atomic mass is 31.2. The maximum Gasteiger partial charge on any atom is 0.472 e. The molecule has 6 N–H and O–H groups in total. The molecule has 0 radical (unpaired) electrons. The fraction of sp³-hybridized carbons (Fsp3) is 0.653. The van der Waals surface area contributed by atoms with Gasteiger partial charge in [-0.3, -0.25) is 23.4 Å². The largest absolute Gasteiger partial charge is 0.472 e. The van der Waals surface area contributed by atoms with Crippen LogP contribution in [0.1, 0.15) is 149 Å². The van der Waals surface area contributed by atoms with E-state index in [1.54, 1.807) is 12.2 Å². The first kappa shape index (κ1) is 58.7. The van der Waals surface area contributed by atoms with Crippen molar-refractivity contribution in [1.29, 1.82) is 0 Å². The van der Waals surface area contributed by atoms with Gasteiger partial charge >= 0.3 is 19.8 Å². The van der Waals surface area contributed by atoms with E-state index in [-0.39, 0.29) is 18.6 Å². The number of rotatable bonds is 37. The Hall–Kier alpha value is -3.30. The number of esters is 2. The lowest BCUT2D eigenvalue weighted by molar-refractivity contribution is -0.220. The van der Waals surface area contributed by atoms with E-state index in [0.717, 1.165) is 44.9 Å². The predicted octanol–water partition coefficient (Wildman–Crippen LogP) is 8.46. The zero-order valence-corrected chi connectivity index (χ0v) is 39.2. The average Bonchev–Trinajstić information content (AvgIpc) is 3.27. The van der Waals surface area contributed by atoms with Crippen LogP contribution in [-0.4, -0.2) is 104 Å². The van der Waals surface area contributed by atoms with Gasteiger partial charge in [0.05, 0.1) is 6.61 Å². The molecule has 8 atom stereocenters. The molecule has 1 saturated carbocycles. The zero-order valence-electron chi connectivity index (χ0n) is 38.3. The first-order valence-corrected chi connectivity index (χ1v) is 24.8. The number of hydrogen-bond acceptors (Lipinski definition) is 13. The van der Waals surface area contributed by atoms with Gasteiger partial charge in [0.1, 0.15) is 43.2 Å². The Labute approximate surface area is 382 Å². The normalized spacial score (nSPS) is 22.2. The third-order valence-electron chi connectivity index (χ3n) is 10.2. The lowest BCUT2D eigenvalue weighted by Gasteiger charge is -2.41. The maximum atomic E-state index is 12.8. The third-order valence-corrected chi connectivity index (χ3v) is 11.2. The molecule has 0 aromatic heterocycles. The minimum atomic E-state index is -5.16. The van der Waals surface area contributed by atoms with Crippen LogP contribution in [0.4, 0.5) is 0 Å². The molecule has 14 nitrogen and oxygen atoms in total. The summed E-state index contributed by atoms with van der Waals surface area (Å²) in [6.07, 6.45) is 32.0. The van der Waals surface area contributed by atoms with Crippen molar-refractivity contribution in [2.75, 3.05) is 13.2 Å².